The molecule has 0 atom stereocenters. The number of methoxy groups -OCH3 is 1. The molecule has 7 nitrogen and oxygen atoms in total. The molecule has 0 amide bonds. The van der Waals surface area contributed by atoms with Gasteiger partial charge in [-0.15, -0.1) is 0 Å². The molecule has 0 unspecified atom stereocenters. The van der Waals surface area contributed by atoms with Gasteiger partial charge in [-0.25, -0.2) is 4.79 Å². The number of esters is 1. The summed E-state index contributed by atoms with van der Waals surface area (Å²) in [6, 6.07) is 11.0. The van der Waals surface area contributed by atoms with Crippen LogP contribution in [0.25, 0.3) is 0 Å². The molecule has 1 heterocycles. The van der Waals surface area contributed by atoms with Crippen LogP contribution < -0.4 is 9.47 Å². The molecule has 2 aromatic carbocycles. The number of ether oxygens (including phenoxy) is 3. The fraction of sp³-hybridized carbons (Fsp3) is 0.227. The number of carbonyl (C=O) groups is 2. The predicted molar refractivity (Wildman–Crippen MR) is 109 cm³/mol. The van der Waals surface area contributed by atoms with E-state index in [0.29, 0.717) is 27.8 Å². The molecule has 0 N–H and O–H groups in total. The second kappa shape index (κ2) is 9.45. The molecular formula is C22H20ClNO6. The van der Waals surface area contributed by atoms with Gasteiger partial charge in [-0.1, -0.05) is 16.8 Å². The second-order valence-electron chi connectivity index (χ2n) is 6.46. The van der Waals surface area contributed by atoms with E-state index in [9.17, 15) is 9.59 Å². The number of aromatic nitrogens is 1. The summed E-state index contributed by atoms with van der Waals surface area (Å²) >= 11 is 5.81. The number of halogens is 1. The zero-order valence-corrected chi connectivity index (χ0v) is 17.5. The number of carbonyl (C=O) groups excluding carboxylic acids is 2. The summed E-state index contributed by atoms with van der Waals surface area (Å²) in [7, 11) is 1.47. The number of rotatable bonds is 8. The molecule has 0 bridgehead atoms. The monoisotopic (exact) mass is 429 g/mol. The summed E-state index contributed by atoms with van der Waals surface area (Å²) in [6.07, 6.45) is 0. The Morgan fingerprint density at radius 2 is 1.73 bits per heavy atom. The highest BCUT2D eigenvalue weighted by molar-refractivity contribution is 6.30. The van der Waals surface area contributed by atoms with Gasteiger partial charge in [-0.2, -0.15) is 0 Å². The molecule has 8 heteroatoms. The van der Waals surface area contributed by atoms with Crippen molar-refractivity contribution in [3.8, 4) is 11.5 Å². The summed E-state index contributed by atoms with van der Waals surface area (Å²) in [5, 5.41) is 4.41. The standard InChI is InChI=1S/C22H20ClNO6/c1-13-18(14(2)30-24-13)11-28-20-9-6-16(10-21(20)27-3)22(26)29-12-19(25)15-4-7-17(23)8-5-15/h4-10H,11-12H2,1-3H3. The fourth-order valence-corrected chi connectivity index (χ4v) is 2.83. The molecule has 0 spiro atoms. The Bertz CT molecular complexity index is 1040. The van der Waals surface area contributed by atoms with Gasteiger partial charge in [0, 0.05) is 10.6 Å². The second-order valence-corrected chi connectivity index (χ2v) is 6.90. The minimum atomic E-state index is -0.645. The van der Waals surface area contributed by atoms with E-state index in [-0.39, 0.29) is 24.6 Å². The Morgan fingerprint density at radius 1 is 1.03 bits per heavy atom. The molecule has 0 radical (unpaired) electrons. The molecule has 3 rings (SSSR count). The average molecular weight is 430 g/mol. The van der Waals surface area contributed by atoms with Gasteiger partial charge in [0.2, 0.25) is 0 Å². The molecule has 0 saturated carbocycles. The van der Waals surface area contributed by atoms with Gasteiger partial charge in [0.15, 0.2) is 23.9 Å². The lowest BCUT2D eigenvalue weighted by molar-refractivity contribution is 0.0474. The summed E-state index contributed by atoms with van der Waals surface area (Å²) in [4.78, 5) is 24.5. The SMILES string of the molecule is COc1cc(C(=O)OCC(=O)c2ccc(Cl)cc2)ccc1OCc1c(C)noc1C. The maximum Gasteiger partial charge on any atom is 0.338 e. The number of benzene rings is 2. The third-order valence-corrected chi connectivity index (χ3v) is 4.71. The van der Waals surface area contributed by atoms with E-state index in [4.69, 9.17) is 30.3 Å². The smallest absolute Gasteiger partial charge is 0.338 e. The molecule has 0 aliphatic carbocycles. The summed E-state index contributed by atoms with van der Waals surface area (Å²) < 4.78 is 21.4. The van der Waals surface area contributed by atoms with Crippen LogP contribution in [0.1, 0.15) is 37.7 Å². The quantitative estimate of drug-likeness (QED) is 0.382. The van der Waals surface area contributed by atoms with Gasteiger partial charge in [-0.05, 0) is 56.3 Å². The first-order chi connectivity index (χ1) is 14.4. The van der Waals surface area contributed by atoms with Gasteiger partial charge in [-0.3, -0.25) is 4.79 Å². The van der Waals surface area contributed by atoms with E-state index in [1.807, 2.05) is 6.92 Å². The largest absolute Gasteiger partial charge is 0.493 e. The number of nitrogens with zero attached hydrogens (tertiary/aromatic N) is 1. The molecule has 0 aliphatic rings. The van der Waals surface area contributed by atoms with E-state index in [1.54, 1.807) is 43.3 Å². The first-order valence-electron chi connectivity index (χ1n) is 9.07. The Kier molecular flexibility index (Phi) is 6.74. The lowest BCUT2D eigenvalue weighted by Gasteiger charge is -2.12. The molecule has 1 aromatic heterocycles. The third-order valence-electron chi connectivity index (χ3n) is 4.45. The Balaban J connectivity index is 1.63. The molecular weight excluding hydrogens is 410 g/mol. The zero-order chi connectivity index (χ0) is 21.7. The maximum atomic E-state index is 12.3. The number of Topliss-reactive ketones (excluding diaryl/α,β-unsaturated/α-hetero) is 1. The minimum absolute atomic E-state index is 0.237. The topological polar surface area (TPSA) is 87.9 Å². The van der Waals surface area contributed by atoms with Crippen molar-refractivity contribution in [1.29, 1.82) is 0 Å². The highest BCUT2D eigenvalue weighted by Gasteiger charge is 2.16. The van der Waals surface area contributed by atoms with Crippen molar-refractivity contribution < 1.29 is 28.3 Å². The van der Waals surface area contributed by atoms with Crippen molar-refractivity contribution in [3.63, 3.8) is 0 Å². The fourth-order valence-electron chi connectivity index (χ4n) is 2.71. The lowest BCUT2D eigenvalue weighted by Crippen LogP contribution is -2.14. The van der Waals surface area contributed by atoms with E-state index in [0.717, 1.165) is 11.3 Å². The Labute approximate surface area is 178 Å². The predicted octanol–water partition coefficient (Wildman–Crippen LogP) is 4.57. The van der Waals surface area contributed by atoms with E-state index in [2.05, 4.69) is 5.16 Å². The number of aryl methyl sites for hydroxylation is 2. The van der Waals surface area contributed by atoms with Crippen LogP contribution in [-0.2, 0) is 11.3 Å². The van der Waals surface area contributed by atoms with Crippen molar-refractivity contribution in [1.82, 2.24) is 5.16 Å². The highest BCUT2D eigenvalue weighted by atomic mass is 35.5. The van der Waals surface area contributed by atoms with Crippen LogP contribution in [-0.4, -0.2) is 30.6 Å². The minimum Gasteiger partial charge on any atom is -0.493 e. The van der Waals surface area contributed by atoms with Crippen molar-refractivity contribution in [3.05, 3.63) is 75.6 Å². The van der Waals surface area contributed by atoms with Crippen molar-refractivity contribution in [2.75, 3.05) is 13.7 Å². The van der Waals surface area contributed by atoms with Gasteiger partial charge >= 0.3 is 5.97 Å². The summed E-state index contributed by atoms with van der Waals surface area (Å²) in [5.41, 5.74) is 2.24. The van der Waals surface area contributed by atoms with Crippen molar-refractivity contribution in [2.24, 2.45) is 0 Å². The first kappa shape index (κ1) is 21.4. The van der Waals surface area contributed by atoms with Gasteiger partial charge in [0.1, 0.15) is 12.4 Å². The molecule has 156 valence electrons. The molecule has 0 fully saturated rings. The van der Waals surface area contributed by atoms with Crippen LogP contribution >= 0.6 is 11.6 Å². The van der Waals surface area contributed by atoms with Crippen molar-refractivity contribution in [2.45, 2.75) is 20.5 Å². The van der Waals surface area contributed by atoms with E-state index >= 15 is 0 Å². The van der Waals surface area contributed by atoms with Crippen LogP contribution in [0.2, 0.25) is 5.02 Å². The molecule has 3 aromatic rings. The Hall–Kier alpha value is -3.32. The number of hydrogen-bond donors (Lipinski definition) is 0. The van der Waals surface area contributed by atoms with Gasteiger partial charge < -0.3 is 18.7 Å². The summed E-state index contributed by atoms with van der Waals surface area (Å²) in [6.45, 7) is 3.50. The van der Waals surface area contributed by atoms with Crippen LogP contribution in [0.15, 0.2) is 47.0 Å². The van der Waals surface area contributed by atoms with Gasteiger partial charge in [0.05, 0.1) is 23.9 Å². The number of ketones is 1. The van der Waals surface area contributed by atoms with E-state index < -0.39 is 5.97 Å². The number of hydrogen-bond acceptors (Lipinski definition) is 7. The van der Waals surface area contributed by atoms with Crippen LogP contribution in [0, 0.1) is 13.8 Å². The summed E-state index contributed by atoms with van der Waals surface area (Å²) in [5.74, 6) is 0.517. The normalized spacial score (nSPS) is 10.5. The zero-order valence-electron chi connectivity index (χ0n) is 16.7. The van der Waals surface area contributed by atoms with Crippen LogP contribution in [0.5, 0.6) is 11.5 Å². The average Bonchev–Trinajstić information content (AvgIpc) is 3.07. The molecule has 0 saturated heterocycles. The van der Waals surface area contributed by atoms with Crippen molar-refractivity contribution >= 4 is 23.4 Å². The first-order valence-corrected chi connectivity index (χ1v) is 9.45. The van der Waals surface area contributed by atoms with Crippen LogP contribution in [0.4, 0.5) is 0 Å². The van der Waals surface area contributed by atoms with Gasteiger partial charge in [0.25, 0.3) is 0 Å². The molecule has 0 aliphatic heterocycles. The highest BCUT2D eigenvalue weighted by Crippen LogP contribution is 2.30. The Morgan fingerprint density at radius 3 is 2.37 bits per heavy atom. The van der Waals surface area contributed by atoms with Crippen LogP contribution in [0.3, 0.4) is 0 Å². The van der Waals surface area contributed by atoms with E-state index in [1.165, 1.54) is 13.2 Å². The maximum absolute atomic E-state index is 12.3. The lowest BCUT2D eigenvalue weighted by atomic mass is 10.1. The molecule has 30 heavy (non-hydrogen) atoms. The third kappa shape index (κ3) is 4.99.